The van der Waals surface area contributed by atoms with E-state index in [1.54, 1.807) is 0 Å². The topological polar surface area (TPSA) is 20.2 Å². The molecule has 0 radical (unpaired) electrons. The number of aryl methyl sites for hydroxylation is 2. The van der Waals surface area contributed by atoms with Crippen molar-refractivity contribution < 1.29 is 18.3 Å². The van der Waals surface area contributed by atoms with Gasteiger partial charge in [0.05, 0.1) is 12.0 Å². The number of halogens is 3. The molecule has 1 aromatic rings. The zero-order valence-corrected chi connectivity index (χ0v) is 12.6. The van der Waals surface area contributed by atoms with Gasteiger partial charge in [-0.15, -0.1) is 0 Å². The van der Waals surface area contributed by atoms with Gasteiger partial charge in [0.1, 0.15) is 0 Å². The average molecular weight is 300 g/mol. The van der Waals surface area contributed by atoms with Crippen molar-refractivity contribution in [1.29, 1.82) is 0 Å². The normalized spacial score (nSPS) is 24.9. The number of aliphatic hydroxyl groups excluding tert-OH is 1. The van der Waals surface area contributed by atoms with Gasteiger partial charge in [-0.3, -0.25) is 0 Å². The van der Waals surface area contributed by atoms with Gasteiger partial charge in [-0.05, 0) is 50.2 Å². The summed E-state index contributed by atoms with van der Waals surface area (Å²) in [4.78, 5) is 0. The smallest absolute Gasteiger partial charge is 0.392 e. The Balaban J connectivity index is 2.14. The molecule has 3 unspecified atom stereocenters. The Morgan fingerprint density at radius 2 is 1.86 bits per heavy atom. The molecule has 1 aromatic carbocycles. The molecule has 2 rings (SSSR count). The van der Waals surface area contributed by atoms with Crippen LogP contribution in [0.4, 0.5) is 13.2 Å². The quantitative estimate of drug-likeness (QED) is 0.866. The van der Waals surface area contributed by atoms with Gasteiger partial charge < -0.3 is 5.11 Å². The molecule has 1 N–H and O–H groups in total. The van der Waals surface area contributed by atoms with Crippen molar-refractivity contribution in [3.05, 3.63) is 34.9 Å². The van der Waals surface area contributed by atoms with Crippen molar-refractivity contribution in [2.75, 3.05) is 0 Å². The molecular formula is C17H23F3O. The first-order valence-electron chi connectivity index (χ1n) is 7.60. The third kappa shape index (κ3) is 4.00. The van der Waals surface area contributed by atoms with Crippen LogP contribution in [0.3, 0.4) is 0 Å². The van der Waals surface area contributed by atoms with Crippen molar-refractivity contribution >= 4 is 0 Å². The first-order valence-corrected chi connectivity index (χ1v) is 7.60. The van der Waals surface area contributed by atoms with Crippen LogP contribution in [-0.4, -0.2) is 17.4 Å². The summed E-state index contributed by atoms with van der Waals surface area (Å²) >= 11 is 0. The van der Waals surface area contributed by atoms with E-state index in [1.165, 1.54) is 0 Å². The summed E-state index contributed by atoms with van der Waals surface area (Å²) in [5, 5.41) is 10.4. The molecule has 0 bridgehead atoms. The minimum atomic E-state index is -4.20. The van der Waals surface area contributed by atoms with Gasteiger partial charge in [-0.2, -0.15) is 13.2 Å². The van der Waals surface area contributed by atoms with E-state index in [2.05, 4.69) is 0 Å². The molecule has 0 aliphatic heterocycles. The number of hydrogen-bond acceptors (Lipinski definition) is 1. The van der Waals surface area contributed by atoms with Gasteiger partial charge in [0.15, 0.2) is 0 Å². The third-order valence-electron chi connectivity index (χ3n) is 4.67. The number of benzene rings is 1. The van der Waals surface area contributed by atoms with Crippen molar-refractivity contribution in [2.45, 2.75) is 58.2 Å². The van der Waals surface area contributed by atoms with Crippen molar-refractivity contribution in [2.24, 2.45) is 11.8 Å². The molecule has 1 saturated carbocycles. The first-order chi connectivity index (χ1) is 9.79. The molecule has 1 nitrogen and oxygen atoms in total. The van der Waals surface area contributed by atoms with Crippen molar-refractivity contribution in [1.82, 2.24) is 0 Å². The molecule has 0 spiro atoms. The van der Waals surface area contributed by atoms with E-state index in [0.717, 1.165) is 23.1 Å². The van der Waals surface area contributed by atoms with Gasteiger partial charge in [0, 0.05) is 0 Å². The Hall–Kier alpha value is -1.03. The maximum Gasteiger partial charge on any atom is 0.392 e. The molecule has 0 saturated heterocycles. The number of hydrogen-bond donors (Lipinski definition) is 1. The second kappa shape index (κ2) is 6.39. The van der Waals surface area contributed by atoms with Crippen LogP contribution in [-0.2, 0) is 6.42 Å². The average Bonchev–Trinajstić information content (AvgIpc) is 2.42. The molecule has 1 aliphatic carbocycles. The van der Waals surface area contributed by atoms with Crippen LogP contribution in [0.5, 0.6) is 0 Å². The summed E-state index contributed by atoms with van der Waals surface area (Å²) in [5.74, 6) is -2.02. The lowest BCUT2D eigenvalue weighted by Gasteiger charge is -2.36. The Bertz CT molecular complexity index is 481. The summed E-state index contributed by atoms with van der Waals surface area (Å²) in [6.07, 6.45) is -2.80. The Morgan fingerprint density at radius 1 is 1.19 bits per heavy atom. The van der Waals surface area contributed by atoms with Crippen LogP contribution in [0.25, 0.3) is 0 Å². The highest BCUT2D eigenvalue weighted by Crippen LogP contribution is 2.43. The predicted molar refractivity (Wildman–Crippen MR) is 77.1 cm³/mol. The van der Waals surface area contributed by atoms with Gasteiger partial charge in [0.2, 0.25) is 0 Å². The van der Waals surface area contributed by atoms with Crippen molar-refractivity contribution in [3.8, 4) is 0 Å². The first kappa shape index (κ1) is 16.3. The molecule has 0 heterocycles. The Labute approximate surface area is 124 Å². The summed E-state index contributed by atoms with van der Waals surface area (Å²) < 4.78 is 39.4. The second-order valence-electron chi connectivity index (χ2n) is 6.30. The van der Waals surface area contributed by atoms with E-state index in [9.17, 15) is 18.3 Å². The fourth-order valence-electron chi connectivity index (χ4n) is 3.42. The van der Waals surface area contributed by atoms with E-state index in [1.807, 2.05) is 32.0 Å². The molecule has 21 heavy (non-hydrogen) atoms. The van der Waals surface area contributed by atoms with Crippen LogP contribution in [0, 0.1) is 25.7 Å². The molecule has 3 atom stereocenters. The lowest BCUT2D eigenvalue weighted by molar-refractivity contribution is -0.206. The molecule has 1 aliphatic rings. The maximum absolute atomic E-state index is 13.1. The van der Waals surface area contributed by atoms with Crippen LogP contribution in [0.15, 0.2) is 18.2 Å². The Morgan fingerprint density at radius 3 is 2.52 bits per heavy atom. The van der Waals surface area contributed by atoms with E-state index in [0.29, 0.717) is 19.3 Å². The highest BCUT2D eigenvalue weighted by atomic mass is 19.4. The molecule has 0 amide bonds. The summed E-state index contributed by atoms with van der Waals surface area (Å²) in [6.45, 7) is 3.89. The minimum Gasteiger partial charge on any atom is -0.392 e. The fourth-order valence-corrected chi connectivity index (χ4v) is 3.42. The highest BCUT2D eigenvalue weighted by Gasteiger charge is 2.47. The van der Waals surface area contributed by atoms with Gasteiger partial charge in [-0.1, -0.05) is 36.6 Å². The summed E-state index contributed by atoms with van der Waals surface area (Å²) in [7, 11) is 0. The molecular weight excluding hydrogens is 277 g/mol. The lowest BCUT2D eigenvalue weighted by atomic mass is 9.74. The van der Waals surface area contributed by atoms with Gasteiger partial charge in [0.25, 0.3) is 0 Å². The monoisotopic (exact) mass is 300 g/mol. The molecule has 1 fully saturated rings. The van der Waals surface area contributed by atoms with E-state index < -0.39 is 24.1 Å². The molecule has 0 aromatic heterocycles. The number of aliphatic hydroxyl groups is 1. The third-order valence-corrected chi connectivity index (χ3v) is 4.67. The van der Waals surface area contributed by atoms with Crippen LogP contribution in [0.2, 0.25) is 0 Å². The van der Waals surface area contributed by atoms with Crippen LogP contribution < -0.4 is 0 Å². The summed E-state index contributed by atoms with van der Waals surface area (Å²) in [5.41, 5.74) is 3.05. The van der Waals surface area contributed by atoms with Gasteiger partial charge >= 0.3 is 6.18 Å². The number of alkyl halides is 3. The summed E-state index contributed by atoms with van der Waals surface area (Å²) in [6, 6.07) is 5.90. The van der Waals surface area contributed by atoms with Crippen LogP contribution in [0.1, 0.15) is 42.4 Å². The maximum atomic E-state index is 13.1. The fraction of sp³-hybridized carbons (Fsp3) is 0.647. The van der Waals surface area contributed by atoms with E-state index in [-0.39, 0.29) is 6.42 Å². The highest BCUT2D eigenvalue weighted by molar-refractivity contribution is 5.31. The second-order valence-corrected chi connectivity index (χ2v) is 6.30. The zero-order valence-electron chi connectivity index (χ0n) is 12.6. The molecule has 4 heteroatoms. The lowest BCUT2D eigenvalue weighted by Crippen LogP contribution is -2.40. The largest absolute Gasteiger partial charge is 0.392 e. The molecule has 118 valence electrons. The predicted octanol–water partition coefficient (Wildman–Crippen LogP) is 4.58. The Kier molecular flexibility index (Phi) is 4.97. The SMILES string of the molecule is Cc1ccc(C)c(CC(O)C2CCCCC2C(F)(F)F)c1. The van der Waals surface area contributed by atoms with Crippen molar-refractivity contribution in [3.63, 3.8) is 0 Å². The van der Waals surface area contributed by atoms with Gasteiger partial charge in [-0.25, -0.2) is 0 Å². The number of rotatable bonds is 3. The zero-order chi connectivity index (χ0) is 15.6. The van der Waals surface area contributed by atoms with E-state index in [4.69, 9.17) is 0 Å². The minimum absolute atomic E-state index is 0.151. The standard InChI is InChI=1S/C17H23F3O/c1-11-7-8-12(2)13(9-11)10-16(21)14-5-3-4-6-15(14)17(18,19)20/h7-9,14-16,21H,3-6,10H2,1-2H3. The van der Waals surface area contributed by atoms with E-state index >= 15 is 0 Å². The van der Waals surface area contributed by atoms with Crippen LogP contribution >= 0.6 is 0 Å².